The summed E-state index contributed by atoms with van der Waals surface area (Å²) in [5.41, 5.74) is -0.807. The molecule has 1 unspecified atom stereocenters. The maximum absolute atomic E-state index is 10.1. The van der Waals surface area contributed by atoms with Crippen molar-refractivity contribution >= 4 is 5.97 Å². The summed E-state index contributed by atoms with van der Waals surface area (Å²) in [6, 6.07) is -0.100. The fraction of sp³-hybridized carbons (Fsp3) is 0.875. The smallest absolute Gasteiger partial charge is 0.304 e. The van der Waals surface area contributed by atoms with Crippen LogP contribution < -0.4 is 5.32 Å². The number of carboxylic acid groups (broad SMARTS) is 1. The minimum atomic E-state index is -0.828. The number of hydrogen-bond acceptors (Lipinski definition) is 3. The van der Waals surface area contributed by atoms with Crippen molar-refractivity contribution in [3.63, 3.8) is 0 Å². The van der Waals surface area contributed by atoms with Crippen LogP contribution in [-0.4, -0.2) is 34.4 Å². The third-order valence-corrected chi connectivity index (χ3v) is 1.85. The molecule has 0 bridgehead atoms. The summed E-state index contributed by atoms with van der Waals surface area (Å²) in [6.07, 6.45) is 0.0837. The summed E-state index contributed by atoms with van der Waals surface area (Å²) in [5, 5.41) is 20.7. The van der Waals surface area contributed by atoms with E-state index in [0.717, 1.165) is 0 Å². The summed E-state index contributed by atoms with van der Waals surface area (Å²) in [5.74, 6) is -0.828. The van der Waals surface area contributed by atoms with E-state index in [9.17, 15) is 9.90 Å². The third-order valence-electron chi connectivity index (χ3n) is 1.85. The molecule has 0 saturated heterocycles. The summed E-state index contributed by atoms with van der Waals surface area (Å²) in [6.45, 7) is 5.58. The molecule has 0 radical (unpaired) electrons. The second-order valence-corrected chi connectivity index (χ2v) is 3.47. The molecule has 72 valence electrons. The largest absolute Gasteiger partial charge is 0.481 e. The van der Waals surface area contributed by atoms with Crippen molar-refractivity contribution in [1.82, 2.24) is 5.32 Å². The van der Waals surface area contributed by atoms with E-state index in [1.807, 2.05) is 6.92 Å². The molecule has 0 spiro atoms. The van der Waals surface area contributed by atoms with Gasteiger partial charge in [-0.15, -0.1) is 0 Å². The van der Waals surface area contributed by atoms with Gasteiger partial charge >= 0.3 is 5.97 Å². The highest BCUT2D eigenvalue weighted by molar-refractivity contribution is 5.66. The first-order chi connectivity index (χ1) is 5.34. The molecule has 3 N–H and O–H groups in total. The van der Waals surface area contributed by atoms with Crippen molar-refractivity contribution in [1.29, 1.82) is 0 Å². The highest BCUT2D eigenvalue weighted by Crippen LogP contribution is 2.06. The first-order valence-electron chi connectivity index (χ1n) is 4.01. The Morgan fingerprint density at radius 1 is 1.58 bits per heavy atom. The van der Waals surface area contributed by atoms with E-state index in [-0.39, 0.29) is 12.5 Å². The first kappa shape index (κ1) is 11.4. The minimum Gasteiger partial charge on any atom is -0.481 e. The van der Waals surface area contributed by atoms with E-state index >= 15 is 0 Å². The molecule has 0 rings (SSSR count). The summed E-state index contributed by atoms with van der Waals surface area (Å²) in [4.78, 5) is 10.1. The predicted octanol–water partition coefficient (Wildman–Crippen LogP) is 0.210. The van der Waals surface area contributed by atoms with Gasteiger partial charge in [-0.05, 0) is 20.8 Å². The van der Waals surface area contributed by atoms with Crippen LogP contribution in [0.15, 0.2) is 0 Å². The van der Waals surface area contributed by atoms with E-state index in [4.69, 9.17) is 5.11 Å². The highest BCUT2D eigenvalue weighted by atomic mass is 16.4. The molecule has 4 heteroatoms. The molecule has 0 heterocycles. The summed E-state index contributed by atoms with van der Waals surface area (Å²) >= 11 is 0. The maximum atomic E-state index is 10.1. The van der Waals surface area contributed by atoms with Crippen molar-refractivity contribution < 1.29 is 15.0 Å². The fourth-order valence-electron chi connectivity index (χ4n) is 0.645. The van der Waals surface area contributed by atoms with Gasteiger partial charge in [-0.2, -0.15) is 0 Å². The van der Waals surface area contributed by atoms with Crippen molar-refractivity contribution in [2.75, 3.05) is 6.54 Å². The minimum absolute atomic E-state index is 0.0837. The zero-order valence-corrected chi connectivity index (χ0v) is 7.79. The molecule has 1 atom stereocenters. The van der Waals surface area contributed by atoms with Gasteiger partial charge in [0.25, 0.3) is 0 Å². The van der Waals surface area contributed by atoms with Gasteiger partial charge in [-0.3, -0.25) is 4.79 Å². The van der Waals surface area contributed by atoms with Crippen LogP contribution in [0.2, 0.25) is 0 Å². The zero-order valence-electron chi connectivity index (χ0n) is 7.79. The van der Waals surface area contributed by atoms with Gasteiger partial charge in [0.05, 0.1) is 12.0 Å². The van der Waals surface area contributed by atoms with Gasteiger partial charge in [0, 0.05) is 12.6 Å². The highest BCUT2D eigenvalue weighted by Gasteiger charge is 2.21. The van der Waals surface area contributed by atoms with Gasteiger partial charge in [0.1, 0.15) is 0 Å². The van der Waals surface area contributed by atoms with Crippen LogP contribution in [-0.2, 0) is 4.79 Å². The molecule has 0 aliphatic carbocycles. The number of carboxylic acids is 1. The number of aliphatic hydroxyl groups is 1. The van der Waals surface area contributed by atoms with Crippen LogP contribution in [0.3, 0.4) is 0 Å². The van der Waals surface area contributed by atoms with Gasteiger partial charge in [-0.25, -0.2) is 0 Å². The standard InChI is InChI=1S/C8H17NO3/c1-6(8(2,3)12)9-5-4-7(10)11/h6,9,12H,4-5H2,1-3H3,(H,10,11). The van der Waals surface area contributed by atoms with E-state index < -0.39 is 11.6 Å². The normalized spacial score (nSPS) is 14.3. The summed E-state index contributed by atoms with van der Waals surface area (Å²) in [7, 11) is 0. The Balaban J connectivity index is 3.58. The average molecular weight is 175 g/mol. The van der Waals surface area contributed by atoms with Crippen LogP contribution >= 0.6 is 0 Å². The molecule has 12 heavy (non-hydrogen) atoms. The number of hydrogen-bond donors (Lipinski definition) is 3. The number of rotatable bonds is 5. The van der Waals surface area contributed by atoms with Crippen molar-refractivity contribution in [2.24, 2.45) is 0 Å². The number of aliphatic carboxylic acids is 1. The first-order valence-corrected chi connectivity index (χ1v) is 4.01. The molecule has 0 saturated carbocycles. The lowest BCUT2D eigenvalue weighted by Crippen LogP contribution is -2.45. The Morgan fingerprint density at radius 3 is 2.42 bits per heavy atom. The van der Waals surface area contributed by atoms with Crippen molar-refractivity contribution in [3.8, 4) is 0 Å². The number of nitrogens with one attached hydrogen (secondary N) is 1. The average Bonchev–Trinajstić information content (AvgIpc) is 1.84. The van der Waals surface area contributed by atoms with Crippen LogP contribution in [0.1, 0.15) is 27.2 Å². The lowest BCUT2D eigenvalue weighted by atomic mass is 10.0. The van der Waals surface area contributed by atoms with E-state index in [1.165, 1.54) is 0 Å². The van der Waals surface area contributed by atoms with E-state index in [1.54, 1.807) is 13.8 Å². The molecular weight excluding hydrogens is 158 g/mol. The molecule has 0 aromatic carbocycles. The molecule has 0 aliphatic heterocycles. The van der Waals surface area contributed by atoms with E-state index in [0.29, 0.717) is 6.54 Å². The van der Waals surface area contributed by atoms with Crippen LogP contribution in [0.25, 0.3) is 0 Å². The Hall–Kier alpha value is -0.610. The number of carbonyl (C=O) groups is 1. The molecule has 4 nitrogen and oxygen atoms in total. The van der Waals surface area contributed by atoms with Gasteiger partial charge in [-0.1, -0.05) is 0 Å². The zero-order chi connectivity index (χ0) is 9.78. The van der Waals surface area contributed by atoms with Crippen LogP contribution in [0, 0.1) is 0 Å². The third kappa shape index (κ3) is 5.09. The van der Waals surface area contributed by atoms with Gasteiger partial charge in [0.2, 0.25) is 0 Å². The maximum Gasteiger partial charge on any atom is 0.304 e. The van der Waals surface area contributed by atoms with Crippen molar-refractivity contribution in [3.05, 3.63) is 0 Å². The second-order valence-electron chi connectivity index (χ2n) is 3.47. The monoisotopic (exact) mass is 175 g/mol. The van der Waals surface area contributed by atoms with Gasteiger partial charge < -0.3 is 15.5 Å². The fourth-order valence-corrected chi connectivity index (χ4v) is 0.645. The molecule has 0 aromatic rings. The Morgan fingerprint density at radius 2 is 2.08 bits per heavy atom. The van der Waals surface area contributed by atoms with Crippen molar-refractivity contribution in [2.45, 2.75) is 38.8 Å². The second kappa shape index (κ2) is 4.42. The van der Waals surface area contributed by atoms with Crippen LogP contribution in [0.4, 0.5) is 0 Å². The topological polar surface area (TPSA) is 69.6 Å². The molecule has 0 fully saturated rings. The Bertz CT molecular complexity index is 151. The lowest BCUT2D eigenvalue weighted by molar-refractivity contribution is -0.137. The molecular formula is C8H17NO3. The Kier molecular flexibility index (Phi) is 4.20. The Labute approximate surface area is 72.6 Å². The van der Waals surface area contributed by atoms with Crippen LogP contribution in [0.5, 0.6) is 0 Å². The van der Waals surface area contributed by atoms with E-state index in [2.05, 4.69) is 5.32 Å². The lowest BCUT2D eigenvalue weighted by Gasteiger charge is -2.26. The molecule has 0 amide bonds. The summed E-state index contributed by atoms with van der Waals surface area (Å²) < 4.78 is 0. The van der Waals surface area contributed by atoms with Gasteiger partial charge in [0.15, 0.2) is 0 Å². The predicted molar refractivity (Wildman–Crippen MR) is 46.0 cm³/mol. The molecule has 0 aliphatic rings. The SMILES string of the molecule is CC(NCCC(=O)O)C(C)(C)O. The molecule has 0 aromatic heterocycles. The quantitative estimate of drug-likeness (QED) is 0.558.